The van der Waals surface area contributed by atoms with Crippen LogP contribution < -0.4 is 11.2 Å². The van der Waals surface area contributed by atoms with E-state index in [1.165, 1.54) is 16.3 Å². The van der Waals surface area contributed by atoms with Crippen molar-refractivity contribution < 1.29 is 4.79 Å². The number of ketones is 1. The topological polar surface area (TPSA) is 89.8 Å². The van der Waals surface area contributed by atoms with E-state index >= 15 is 0 Å². The van der Waals surface area contributed by atoms with Gasteiger partial charge in [-0.3, -0.25) is 19.1 Å². The minimum absolute atomic E-state index is 0.0125. The van der Waals surface area contributed by atoms with Crippen LogP contribution in [0, 0.1) is 5.92 Å². The number of rotatable bonds is 6. The van der Waals surface area contributed by atoms with Crippen LogP contribution in [0.1, 0.15) is 24.2 Å². The molecule has 0 aliphatic carbocycles. The fourth-order valence-corrected chi connectivity index (χ4v) is 3.60. The minimum atomic E-state index is -0.506. The average Bonchev–Trinajstić information content (AvgIpc) is 2.97. The summed E-state index contributed by atoms with van der Waals surface area (Å²) in [6.07, 6.45) is 0. The zero-order valence-corrected chi connectivity index (χ0v) is 15.7. The largest absolute Gasteiger partial charge is 0.329 e. The first-order valence-corrected chi connectivity index (χ1v) is 9.27. The summed E-state index contributed by atoms with van der Waals surface area (Å²) in [5, 5.41) is 0.560. The maximum absolute atomic E-state index is 12.4. The first-order valence-electron chi connectivity index (χ1n) is 8.29. The molecule has 136 valence electrons. The van der Waals surface area contributed by atoms with E-state index in [1.807, 2.05) is 32.0 Å². The number of H-pyrrole nitrogens is 1. The Hall–Kier alpha value is -2.61. The quantitative estimate of drug-likeness (QED) is 0.528. The molecular formula is C18H20N4O3S. The van der Waals surface area contributed by atoms with Crippen LogP contribution in [-0.2, 0) is 13.6 Å². The number of aromatic nitrogens is 4. The monoisotopic (exact) mass is 372 g/mol. The molecule has 0 bridgehead atoms. The molecule has 0 radical (unpaired) electrons. The van der Waals surface area contributed by atoms with E-state index < -0.39 is 11.2 Å². The number of fused-ring (bicyclic) bond motifs is 1. The number of hydrogen-bond acceptors (Lipinski definition) is 5. The Kier molecular flexibility index (Phi) is 5.13. The molecule has 1 N–H and O–H groups in total. The van der Waals surface area contributed by atoms with Gasteiger partial charge in [-0.25, -0.2) is 9.78 Å². The third-order valence-corrected chi connectivity index (χ3v) is 4.92. The number of nitrogens with one attached hydrogen (secondary N) is 1. The summed E-state index contributed by atoms with van der Waals surface area (Å²) in [7, 11) is 1.57. The number of nitrogens with zero attached hydrogens (tertiary/aromatic N) is 3. The summed E-state index contributed by atoms with van der Waals surface area (Å²) in [6.45, 7) is 4.64. The van der Waals surface area contributed by atoms with Gasteiger partial charge < -0.3 is 4.57 Å². The van der Waals surface area contributed by atoms with Gasteiger partial charge in [-0.15, -0.1) is 0 Å². The zero-order valence-electron chi connectivity index (χ0n) is 14.9. The van der Waals surface area contributed by atoms with Crippen molar-refractivity contribution in [3.05, 3.63) is 56.7 Å². The van der Waals surface area contributed by atoms with Crippen LogP contribution >= 0.6 is 11.8 Å². The van der Waals surface area contributed by atoms with Crippen LogP contribution in [0.3, 0.4) is 0 Å². The van der Waals surface area contributed by atoms with Gasteiger partial charge in [0, 0.05) is 19.2 Å². The third-order valence-electron chi connectivity index (χ3n) is 3.95. The molecular weight excluding hydrogens is 352 g/mol. The van der Waals surface area contributed by atoms with E-state index in [-0.39, 0.29) is 17.5 Å². The summed E-state index contributed by atoms with van der Waals surface area (Å²) < 4.78 is 3.11. The highest BCUT2D eigenvalue weighted by molar-refractivity contribution is 7.99. The zero-order chi connectivity index (χ0) is 18.8. The minimum Gasteiger partial charge on any atom is -0.313 e. The number of Topliss-reactive ketones (excluding diaryl/α,β-unsaturated/α-hetero) is 1. The molecule has 3 rings (SSSR count). The third kappa shape index (κ3) is 3.50. The molecule has 2 heterocycles. The molecule has 0 spiro atoms. The molecule has 0 unspecified atom stereocenters. The summed E-state index contributed by atoms with van der Waals surface area (Å²) in [5.41, 5.74) is 0.354. The van der Waals surface area contributed by atoms with Crippen LogP contribution in [-0.4, -0.2) is 30.6 Å². The van der Waals surface area contributed by atoms with Gasteiger partial charge in [-0.1, -0.05) is 55.9 Å². The highest BCUT2D eigenvalue weighted by Gasteiger charge is 2.19. The molecule has 26 heavy (non-hydrogen) atoms. The van der Waals surface area contributed by atoms with Gasteiger partial charge >= 0.3 is 5.69 Å². The van der Waals surface area contributed by atoms with E-state index in [2.05, 4.69) is 9.97 Å². The lowest BCUT2D eigenvalue weighted by molar-refractivity contribution is 0.102. The first-order chi connectivity index (χ1) is 12.4. The molecule has 1 aromatic carbocycles. The standard InChI is InChI=1S/C18H20N4O3S/c1-11(2)9-22-14-15(21(3)17(25)20-16(14)24)19-18(22)26-10-13(23)12-7-5-4-6-8-12/h4-8,11H,9-10H2,1-3H3,(H,20,24,25). The van der Waals surface area contributed by atoms with E-state index in [4.69, 9.17) is 0 Å². The van der Waals surface area contributed by atoms with Crippen LogP contribution in [0.4, 0.5) is 0 Å². The maximum atomic E-state index is 12.4. The number of imidazole rings is 1. The molecule has 0 atom stereocenters. The molecule has 2 aromatic heterocycles. The number of hydrogen-bond donors (Lipinski definition) is 1. The Morgan fingerprint density at radius 2 is 1.92 bits per heavy atom. The van der Waals surface area contributed by atoms with E-state index in [1.54, 1.807) is 23.7 Å². The molecule has 0 aliphatic heterocycles. The SMILES string of the molecule is CC(C)Cn1c(SCC(=O)c2ccccc2)nc2c1c(=O)[nH]c(=O)n2C. The number of thioether (sulfide) groups is 1. The lowest BCUT2D eigenvalue weighted by Crippen LogP contribution is -2.29. The molecule has 0 saturated heterocycles. The highest BCUT2D eigenvalue weighted by Crippen LogP contribution is 2.23. The van der Waals surface area contributed by atoms with Crippen LogP contribution in [0.5, 0.6) is 0 Å². The molecule has 0 saturated carbocycles. The van der Waals surface area contributed by atoms with Gasteiger partial charge in [0.25, 0.3) is 5.56 Å². The predicted molar refractivity (Wildman–Crippen MR) is 102 cm³/mol. The Balaban J connectivity index is 2.00. The number of aryl methyl sites for hydroxylation is 1. The second-order valence-electron chi connectivity index (χ2n) is 6.47. The second-order valence-corrected chi connectivity index (χ2v) is 7.41. The van der Waals surface area contributed by atoms with E-state index in [0.29, 0.717) is 28.4 Å². The van der Waals surface area contributed by atoms with Crippen LogP contribution in [0.2, 0.25) is 0 Å². The van der Waals surface area contributed by atoms with Crippen molar-refractivity contribution in [2.45, 2.75) is 25.5 Å². The van der Waals surface area contributed by atoms with Crippen molar-refractivity contribution in [1.82, 2.24) is 19.1 Å². The normalized spacial score (nSPS) is 11.4. The van der Waals surface area contributed by atoms with Crippen molar-refractivity contribution in [3.63, 3.8) is 0 Å². The van der Waals surface area contributed by atoms with Crippen LogP contribution in [0.15, 0.2) is 45.1 Å². The molecule has 0 aliphatic rings. The van der Waals surface area contributed by atoms with Crippen molar-refractivity contribution in [2.75, 3.05) is 5.75 Å². The highest BCUT2D eigenvalue weighted by atomic mass is 32.2. The summed E-state index contributed by atoms with van der Waals surface area (Å²) in [6, 6.07) is 9.05. The first kappa shape index (κ1) is 18.2. The van der Waals surface area contributed by atoms with Gasteiger partial charge in [0.1, 0.15) is 0 Å². The summed E-state index contributed by atoms with van der Waals surface area (Å²) in [5.74, 6) is 0.465. The summed E-state index contributed by atoms with van der Waals surface area (Å²) >= 11 is 1.28. The molecule has 0 amide bonds. The molecule has 8 heteroatoms. The predicted octanol–water partition coefficient (Wildman–Crippen LogP) is 2.05. The van der Waals surface area contributed by atoms with Crippen molar-refractivity contribution in [2.24, 2.45) is 13.0 Å². The van der Waals surface area contributed by atoms with E-state index in [0.717, 1.165) is 0 Å². The smallest absolute Gasteiger partial charge is 0.313 e. The number of carbonyl (C=O) groups is 1. The fourth-order valence-electron chi connectivity index (χ4n) is 2.70. The maximum Gasteiger partial charge on any atom is 0.329 e. The van der Waals surface area contributed by atoms with Crippen molar-refractivity contribution >= 4 is 28.7 Å². The molecule has 3 aromatic rings. The molecule has 7 nitrogen and oxygen atoms in total. The number of aromatic amines is 1. The average molecular weight is 372 g/mol. The van der Waals surface area contributed by atoms with Gasteiger partial charge in [0.15, 0.2) is 22.1 Å². The Morgan fingerprint density at radius 3 is 2.58 bits per heavy atom. The second kappa shape index (κ2) is 7.33. The number of benzene rings is 1. The lowest BCUT2D eigenvalue weighted by atomic mass is 10.2. The molecule has 0 fully saturated rings. The van der Waals surface area contributed by atoms with Gasteiger partial charge in [-0.05, 0) is 5.92 Å². The summed E-state index contributed by atoms with van der Waals surface area (Å²) in [4.78, 5) is 43.3. The van der Waals surface area contributed by atoms with Gasteiger partial charge in [0.05, 0.1) is 5.75 Å². The van der Waals surface area contributed by atoms with Crippen LogP contribution in [0.25, 0.3) is 11.2 Å². The van der Waals surface area contributed by atoms with Gasteiger partial charge in [-0.2, -0.15) is 0 Å². The van der Waals surface area contributed by atoms with Crippen molar-refractivity contribution in [1.29, 1.82) is 0 Å². The Bertz CT molecular complexity index is 1060. The van der Waals surface area contributed by atoms with Gasteiger partial charge in [0.2, 0.25) is 0 Å². The van der Waals surface area contributed by atoms with Crippen molar-refractivity contribution in [3.8, 4) is 0 Å². The number of carbonyl (C=O) groups excluding carboxylic acids is 1. The Labute approximate surface area is 154 Å². The van der Waals surface area contributed by atoms with E-state index in [9.17, 15) is 14.4 Å². The fraction of sp³-hybridized carbons (Fsp3) is 0.333. The Morgan fingerprint density at radius 1 is 1.23 bits per heavy atom. The lowest BCUT2D eigenvalue weighted by Gasteiger charge is -2.10.